The summed E-state index contributed by atoms with van der Waals surface area (Å²) in [4.78, 5) is 13.3. The first-order valence-corrected chi connectivity index (χ1v) is 9.02. The van der Waals surface area contributed by atoms with Crippen molar-refractivity contribution >= 4 is 33.0 Å². The van der Waals surface area contributed by atoms with Crippen molar-refractivity contribution in [2.24, 2.45) is 0 Å². The van der Waals surface area contributed by atoms with Gasteiger partial charge in [0.25, 0.3) is 5.91 Å². The second kappa shape index (κ2) is 6.28. The van der Waals surface area contributed by atoms with Crippen molar-refractivity contribution in [2.45, 2.75) is 13.5 Å². The SMILES string of the molecule is Cc1ccsc1CNC(=O)c1ccccc1NS(C)(=O)=O. The molecule has 21 heavy (non-hydrogen) atoms. The number of hydrogen-bond donors (Lipinski definition) is 2. The normalized spacial score (nSPS) is 11.1. The molecule has 0 spiro atoms. The van der Waals surface area contributed by atoms with Gasteiger partial charge in [0.1, 0.15) is 0 Å². The third-order valence-electron chi connectivity index (χ3n) is 2.84. The first-order chi connectivity index (χ1) is 9.87. The van der Waals surface area contributed by atoms with Crippen LogP contribution in [0.2, 0.25) is 0 Å². The average Bonchev–Trinajstić information content (AvgIpc) is 2.80. The Morgan fingerprint density at radius 3 is 2.57 bits per heavy atom. The number of benzene rings is 1. The van der Waals surface area contributed by atoms with Crippen molar-refractivity contribution in [3.8, 4) is 0 Å². The van der Waals surface area contributed by atoms with Crippen molar-refractivity contribution in [1.82, 2.24) is 5.32 Å². The highest BCUT2D eigenvalue weighted by Gasteiger charge is 2.13. The summed E-state index contributed by atoms with van der Waals surface area (Å²) < 4.78 is 25.0. The standard InChI is InChI=1S/C14H16N2O3S2/c1-10-7-8-20-13(10)9-15-14(17)11-5-3-4-6-12(11)16-21(2,18)19/h3-8,16H,9H2,1-2H3,(H,15,17). The van der Waals surface area contributed by atoms with Gasteiger partial charge < -0.3 is 5.32 Å². The Hall–Kier alpha value is -1.86. The lowest BCUT2D eigenvalue weighted by atomic mass is 10.1. The van der Waals surface area contributed by atoms with E-state index in [4.69, 9.17) is 0 Å². The number of nitrogens with one attached hydrogen (secondary N) is 2. The molecule has 0 atom stereocenters. The van der Waals surface area contributed by atoms with Crippen LogP contribution in [-0.4, -0.2) is 20.6 Å². The highest BCUT2D eigenvalue weighted by molar-refractivity contribution is 7.92. The summed E-state index contributed by atoms with van der Waals surface area (Å²) >= 11 is 1.57. The van der Waals surface area contributed by atoms with Crippen molar-refractivity contribution in [1.29, 1.82) is 0 Å². The van der Waals surface area contributed by atoms with Crippen molar-refractivity contribution < 1.29 is 13.2 Å². The Kier molecular flexibility index (Phi) is 4.64. The number of hydrogen-bond acceptors (Lipinski definition) is 4. The van der Waals surface area contributed by atoms with E-state index in [2.05, 4.69) is 10.0 Å². The average molecular weight is 324 g/mol. The molecule has 0 radical (unpaired) electrons. The Balaban J connectivity index is 2.14. The van der Waals surface area contributed by atoms with Crippen LogP contribution < -0.4 is 10.0 Å². The summed E-state index contributed by atoms with van der Waals surface area (Å²) in [6, 6.07) is 8.51. The van der Waals surface area contributed by atoms with E-state index in [-0.39, 0.29) is 11.6 Å². The van der Waals surface area contributed by atoms with Gasteiger partial charge in [0.15, 0.2) is 0 Å². The largest absolute Gasteiger partial charge is 0.347 e. The molecule has 112 valence electrons. The third-order valence-corrected chi connectivity index (χ3v) is 4.46. The van der Waals surface area contributed by atoms with E-state index in [1.54, 1.807) is 35.6 Å². The van der Waals surface area contributed by atoms with Crippen LogP contribution in [0.3, 0.4) is 0 Å². The lowest BCUT2D eigenvalue weighted by molar-refractivity contribution is 0.0952. The molecule has 0 bridgehead atoms. The number of sulfonamides is 1. The molecular formula is C14H16N2O3S2. The predicted octanol–water partition coefficient (Wildman–Crippen LogP) is 2.36. The molecule has 0 aliphatic heterocycles. The number of carbonyl (C=O) groups is 1. The highest BCUT2D eigenvalue weighted by atomic mass is 32.2. The Morgan fingerprint density at radius 1 is 1.24 bits per heavy atom. The van der Waals surface area contributed by atoms with Crippen molar-refractivity contribution in [3.05, 3.63) is 51.7 Å². The van der Waals surface area contributed by atoms with Crippen LogP contribution in [0.1, 0.15) is 20.8 Å². The van der Waals surface area contributed by atoms with Gasteiger partial charge in [0, 0.05) is 4.88 Å². The molecule has 5 nitrogen and oxygen atoms in total. The fourth-order valence-electron chi connectivity index (χ4n) is 1.81. The zero-order chi connectivity index (χ0) is 15.5. The number of amides is 1. The third kappa shape index (κ3) is 4.30. The minimum atomic E-state index is -3.43. The molecule has 0 unspecified atom stereocenters. The van der Waals surface area contributed by atoms with E-state index in [0.29, 0.717) is 12.1 Å². The summed E-state index contributed by atoms with van der Waals surface area (Å²) in [7, 11) is -3.43. The summed E-state index contributed by atoms with van der Waals surface area (Å²) in [5.41, 5.74) is 1.71. The lowest BCUT2D eigenvalue weighted by Gasteiger charge is -2.10. The monoisotopic (exact) mass is 324 g/mol. The molecule has 0 saturated heterocycles. The zero-order valence-corrected chi connectivity index (χ0v) is 13.3. The molecule has 7 heteroatoms. The van der Waals surface area contributed by atoms with Gasteiger partial charge in [0.05, 0.1) is 24.1 Å². The molecule has 2 rings (SSSR count). The summed E-state index contributed by atoms with van der Waals surface area (Å²) in [6.45, 7) is 2.41. The zero-order valence-electron chi connectivity index (χ0n) is 11.7. The highest BCUT2D eigenvalue weighted by Crippen LogP contribution is 2.18. The molecule has 2 N–H and O–H groups in total. The minimum Gasteiger partial charge on any atom is -0.347 e. The molecule has 0 saturated carbocycles. The quantitative estimate of drug-likeness (QED) is 0.886. The summed E-state index contributed by atoms with van der Waals surface area (Å²) in [5, 5.41) is 4.77. The smallest absolute Gasteiger partial charge is 0.253 e. The summed E-state index contributed by atoms with van der Waals surface area (Å²) in [6.07, 6.45) is 1.05. The van der Waals surface area contributed by atoms with Crippen LogP contribution in [0, 0.1) is 6.92 Å². The first-order valence-electron chi connectivity index (χ1n) is 6.25. The van der Waals surface area contributed by atoms with E-state index >= 15 is 0 Å². The number of aryl methyl sites for hydroxylation is 1. The van der Waals surface area contributed by atoms with Crippen LogP contribution in [0.4, 0.5) is 5.69 Å². The first kappa shape index (κ1) is 15.5. The van der Waals surface area contributed by atoms with Gasteiger partial charge >= 0.3 is 0 Å². The second-order valence-corrected chi connectivity index (χ2v) is 7.38. The molecule has 1 aromatic heterocycles. The van der Waals surface area contributed by atoms with Gasteiger partial charge in [-0.1, -0.05) is 12.1 Å². The number of para-hydroxylation sites is 1. The Labute approximate surface area is 128 Å². The van der Waals surface area contributed by atoms with Crippen LogP contribution in [0.25, 0.3) is 0 Å². The van der Waals surface area contributed by atoms with Gasteiger partial charge in [-0.25, -0.2) is 8.42 Å². The molecular weight excluding hydrogens is 308 g/mol. The van der Waals surface area contributed by atoms with Gasteiger partial charge in [-0.3, -0.25) is 9.52 Å². The fraction of sp³-hybridized carbons (Fsp3) is 0.214. The molecule has 0 aliphatic rings. The van der Waals surface area contributed by atoms with Gasteiger partial charge in [-0.15, -0.1) is 11.3 Å². The molecule has 0 fully saturated rings. The minimum absolute atomic E-state index is 0.278. The molecule has 1 amide bonds. The number of carbonyl (C=O) groups excluding carboxylic acids is 1. The second-order valence-electron chi connectivity index (χ2n) is 4.63. The van der Waals surface area contributed by atoms with Gasteiger partial charge in [0.2, 0.25) is 10.0 Å². The van der Waals surface area contributed by atoms with Gasteiger partial charge in [-0.2, -0.15) is 0 Å². The van der Waals surface area contributed by atoms with Crippen molar-refractivity contribution in [3.63, 3.8) is 0 Å². The van der Waals surface area contributed by atoms with E-state index < -0.39 is 10.0 Å². The van der Waals surface area contributed by atoms with Crippen LogP contribution in [0.5, 0.6) is 0 Å². The molecule has 1 aromatic carbocycles. The molecule has 0 aliphatic carbocycles. The van der Waals surface area contributed by atoms with E-state index in [1.807, 2.05) is 18.4 Å². The van der Waals surface area contributed by atoms with E-state index in [0.717, 1.165) is 16.7 Å². The lowest BCUT2D eigenvalue weighted by Crippen LogP contribution is -2.24. The van der Waals surface area contributed by atoms with Crippen LogP contribution in [0.15, 0.2) is 35.7 Å². The van der Waals surface area contributed by atoms with Gasteiger partial charge in [-0.05, 0) is 36.1 Å². The van der Waals surface area contributed by atoms with Crippen LogP contribution >= 0.6 is 11.3 Å². The Bertz CT molecular complexity index is 751. The number of anilines is 1. The van der Waals surface area contributed by atoms with Crippen LogP contribution in [-0.2, 0) is 16.6 Å². The molecule has 2 aromatic rings. The maximum atomic E-state index is 12.2. The summed E-state index contributed by atoms with van der Waals surface area (Å²) in [5.74, 6) is -0.311. The topological polar surface area (TPSA) is 75.3 Å². The fourth-order valence-corrected chi connectivity index (χ4v) is 3.23. The predicted molar refractivity (Wildman–Crippen MR) is 85.1 cm³/mol. The van der Waals surface area contributed by atoms with E-state index in [9.17, 15) is 13.2 Å². The van der Waals surface area contributed by atoms with Crippen molar-refractivity contribution in [2.75, 3.05) is 11.0 Å². The number of rotatable bonds is 5. The maximum absolute atomic E-state index is 12.2. The maximum Gasteiger partial charge on any atom is 0.253 e. The number of thiophene rings is 1. The molecule has 1 heterocycles. The Morgan fingerprint density at radius 2 is 1.95 bits per heavy atom. The van der Waals surface area contributed by atoms with E-state index in [1.165, 1.54) is 0 Å².